The summed E-state index contributed by atoms with van der Waals surface area (Å²) < 4.78 is 0.919. The van der Waals surface area contributed by atoms with Crippen molar-refractivity contribution in [3.63, 3.8) is 0 Å². The fourth-order valence-corrected chi connectivity index (χ4v) is 3.95. The second-order valence-electron chi connectivity index (χ2n) is 5.61. The number of benzene rings is 1. The number of nitrogens with one attached hydrogen (secondary N) is 1. The molecule has 0 bridgehead atoms. The number of ketones is 1. The van der Waals surface area contributed by atoms with E-state index in [1.807, 2.05) is 32.9 Å². The van der Waals surface area contributed by atoms with Crippen LogP contribution in [0.5, 0.6) is 0 Å². The van der Waals surface area contributed by atoms with Crippen LogP contribution in [0.25, 0.3) is 0 Å². The van der Waals surface area contributed by atoms with E-state index in [0.29, 0.717) is 16.4 Å². The van der Waals surface area contributed by atoms with Crippen molar-refractivity contribution in [1.82, 2.24) is 4.98 Å². The van der Waals surface area contributed by atoms with E-state index >= 15 is 0 Å². The number of nitrogens with zero attached hydrogens (tertiary/aromatic N) is 2. The summed E-state index contributed by atoms with van der Waals surface area (Å²) >= 11 is 2.75. The van der Waals surface area contributed by atoms with Crippen molar-refractivity contribution in [2.75, 3.05) is 11.1 Å². The molecule has 0 unspecified atom stereocenters. The number of thiazole rings is 1. The Bertz CT molecular complexity index is 837. The van der Waals surface area contributed by atoms with Crippen LogP contribution in [0.1, 0.15) is 40.0 Å². The second-order valence-corrected chi connectivity index (χ2v) is 7.85. The van der Waals surface area contributed by atoms with Gasteiger partial charge in [0, 0.05) is 18.4 Å². The first-order valence-electron chi connectivity index (χ1n) is 7.78. The number of aryl methyl sites for hydroxylation is 3. The van der Waals surface area contributed by atoms with Gasteiger partial charge < -0.3 is 5.32 Å². The fraction of sp³-hybridized carbons (Fsp3) is 0.333. The van der Waals surface area contributed by atoms with Gasteiger partial charge in [-0.3, -0.25) is 9.59 Å². The molecule has 0 saturated heterocycles. The lowest BCUT2D eigenvalue weighted by atomic mass is 10.0. The summed E-state index contributed by atoms with van der Waals surface area (Å²) in [5, 5.41) is 11.9. The first-order valence-corrected chi connectivity index (χ1v) is 9.58. The predicted octanol–water partition coefficient (Wildman–Crippen LogP) is 4.29. The molecule has 1 aromatic heterocycles. The monoisotopic (exact) mass is 373 g/mol. The highest BCUT2D eigenvalue weighted by molar-refractivity contribution is 8.01. The van der Waals surface area contributed by atoms with E-state index in [1.165, 1.54) is 23.1 Å². The summed E-state index contributed by atoms with van der Waals surface area (Å²) in [5.41, 5.74) is 3.64. The first-order chi connectivity index (χ1) is 11.9. The van der Waals surface area contributed by atoms with E-state index in [9.17, 15) is 9.59 Å². The first kappa shape index (κ1) is 19.2. The molecule has 0 atom stereocenters. The topological polar surface area (TPSA) is 82.8 Å². The van der Waals surface area contributed by atoms with Gasteiger partial charge in [-0.25, -0.2) is 4.98 Å². The molecule has 25 heavy (non-hydrogen) atoms. The van der Waals surface area contributed by atoms with E-state index in [0.717, 1.165) is 21.0 Å². The van der Waals surface area contributed by atoms with E-state index in [2.05, 4.69) is 16.4 Å². The maximum absolute atomic E-state index is 12.2. The van der Waals surface area contributed by atoms with Crippen molar-refractivity contribution >= 4 is 39.9 Å². The van der Waals surface area contributed by atoms with Crippen LogP contribution in [0.2, 0.25) is 0 Å². The average Bonchev–Trinajstić information content (AvgIpc) is 2.92. The largest absolute Gasteiger partial charge is 0.302 e. The highest BCUT2D eigenvalue weighted by atomic mass is 32.2. The smallest absolute Gasteiger partial charge is 0.226 e. The zero-order valence-corrected chi connectivity index (χ0v) is 16.0. The van der Waals surface area contributed by atoms with Gasteiger partial charge in [0.2, 0.25) is 5.91 Å². The Morgan fingerprint density at radius 3 is 2.68 bits per heavy atom. The molecule has 0 aliphatic rings. The van der Waals surface area contributed by atoms with Crippen molar-refractivity contribution in [3.8, 4) is 6.07 Å². The van der Waals surface area contributed by atoms with Gasteiger partial charge in [-0.05, 0) is 38.0 Å². The molecular weight excluding hydrogens is 354 g/mol. The van der Waals surface area contributed by atoms with Crippen LogP contribution in [0.15, 0.2) is 22.4 Å². The number of Topliss-reactive ketones (excluding diaryl/α,β-unsaturated/α-hetero) is 1. The third-order valence-corrected chi connectivity index (χ3v) is 5.98. The Balaban J connectivity index is 1.89. The molecule has 7 heteroatoms. The van der Waals surface area contributed by atoms with Crippen molar-refractivity contribution in [3.05, 3.63) is 40.6 Å². The molecule has 1 aromatic carbocycles. The molecule has 0 fully saturated rings. The molecule has 1 N–H and O–H groups in total. The Hall–Kier alpha value is -2.17. The van der Waals surface area contributed by atoms with Gasteiger partial charge in [-0.15, -0.1) is 0 Å². The number of carbonyl (C=O) groups is 2. The number of aromatic nitrogens is 1. The molecule has 130 valence electrons. The Labute approximate surface area is 155 Å². The Kier molecular flexibility index (Phi) is 6.73. The van der Waals surface area contributed by atoms with Gasteiger partial charge in [0.25, 0.3) is 0 Å². The lowest BCUT2D eigenvalue weighted by Crippen LogP contribution is -2.13. The molecule has 0 saturated carbocycles. The van der Waals surface area contributed by atoms with Gasteiger partial charge in [0.1, 0.15) is 0 Å². The quantitative estimate of drug-likeness (QED) is 0.578. The van der Waals surface area contributed by atoms with Gasteiger partial charge in [0.05, 0.1) is 21.7 Å². The zero-order valence-electron chi connectivity index (χ0n) is 14.4. The standard InChI is InChI=1S/C18H19N3O2S2/c1-11-4-5-14(10-12(11)2)15(22)6-7-16(23)21-18-20-13(3)17(25-18)24-9-8-19/h4-5,10H,6-7,9H2,1-3H3,(H,20,21,23). The Morgan fingerprint density at radius 1 is 1.24 bits per heavy atom. The SMILES string of the molecule is Cc1ccc(C(=O)CCC(=O)Nc2nc(C)c(SCC#N)s2)cc1C. The van der Waals surface area contributed by atoms with Gasteiger partial charge in [-0.1, -0.05) is 35.2 Å². The molecule has 2 rings (SSSR count). The summed E-state index contributed by atoms with van der Waals surface area (Å²) in [6.07, 6.45) is 0.278. The van der Waals surface area contributed by atoms with Gasteiger partial charge in [0.15, 0.2) is 10.9 Å². The highest BCUT2D eigenvalue weighted by Crippen LogP contribution is 2.31. The van der Waals surface area contributed by atoms with Crippen LogP contribution in [-0.4, -0.2) is 22.4 Å². The van der Waals surface area contributed by atoms with E-state index in [1.54, 1.807) is 6.07 Å². The Morgan fingerprint density at radius 2 is 2.00 bits per heavy atom. The molecule has 1 amide bonds. The van der Waals surface area contributed by atoms with Crippen LogP contribution in [0.3, 0.4) is 0 Å². The fourth-order valence-electron chi connectivity index (χ4n) is 2.14. The van der Waals surface area contributed by atoms with Crippen molar-refractivity contribution in [2.45, 2.75) is 37.8 Å². The lowest BCUT2D eigenvalue weighted by Gasteiger charge is -2.05. The number of nitriles is 1. The normalized spacial score (nSPS) is 10.3. The summed E-state index contributed by atoms with van der Waals surface area (Å²) in [5.74, 6) is 0.0718. The minimum Gasteiger partial charge on any atom is -0.302 e. The summed E-state index contributed by atoms with van der Waals surface area (Å²) in [4.78, 5) is 28.5. The molecule has 0 aliphatic heterocycles. The number of carbonyl (C=O) groups excluding carboxylic acids is 2. The van der Waals surface area contributed by atoms with Crippen molar-refractivity contribution in [2.24, 2.45) is 0 Å². The zero-order chi connectivity index (χ0) is 18.4. The lowest BCUT2D eigenvalue weighted by molar-refractivity contribution is -0.116. The van der Waals surface area contributed by atoms with Crippen LogP contribution < -0.4 is 5.32 Å². The maximum Gasteiger partial charge on any atom is 0.226 e. The number of hydrogen-bond acceptors (Lipinski definition) is 6. The number of hydrogen-bond donors (Lipinski definition) is 1. The third kappa shape index (κ3) is 5.41. The van der Waals surface area contributed by atoms with Gasteiger partial charge in [-0.2, -0.15) is 5.26 Å². The van der Waals surface area contributed by atoms with Gasteiger partial charge >= 0.3 is 0 Å². The summed E-state index contributed by atoms with van der Waals surface area (Å²) in [7, 11) is 0. The molecular formula is C18H19N3O2S2. The molecule has 0 aliphatic carbocycles. The molecule has 0 radical (unpaired) electrons. The van der Waals surface area contributed by atoms with Crippen molar-refractivity contribution in [1.29, 1.82) is 5.26 Å². The summed E-state index contributed by atoms with van der Waals surface area (Å²) in [6, 6.07) is 7.64. The molecule has 1 heterocycles. The highest BCUT2D eigenvalue weighted by Gasteiger charge is 2.13. The van der Waals surface area contributed by atoms with Crippen LogP contribution in [0.4, 0.5) is 5.13 Å². The number of anilines is 1. The number of rotatable bonds is 7. The molecule has 0 spiro atoms. The van der Waals surface area contributed by atoms with Crippen LogP contribution in [0, 0.1) is 32.1 Å². The van der Waals surface area contributed by atoms with E-state index in [4.69, 9.17) is 5.26 Å². The van der Waals surface area contributed by atoms with Crippen LogP contribution >= 0.6 is 23.1 Å². The number of thioether (sulfide) groups is 1. The second kappa shape index (κ2) is 8.79. The minimum atomic E-state index is -0.234. The molecule has 5 nitrogen and oxygen atoms in total. The predicted molar refractivity (Wildman–Crippen MR) is 101 cm³/mol. The van der Waals surface area contributed by atoms with Crippen molar-refractivity contribution < 1.29 is 9.59 Å². The molecule has 2 aromatic rings. The van der Waals surface area contributed by atoms with E-state index in [-0.39, 0.29) is 24.5 Å². The number of amides is 1. The van der Waals surface area contributed by atoms with E-state index < -0.39 is 0 Å². The minimum absolute atomic E-state index is 0.0427. The third-order valence-electron chi connectivity index (χ3n) is 3.68. The maximum atomic E-state index is 12.2. The average molecular weight is 374 g/mol. The summed E-state index contributed by atoms with van der Waals surface area (Å²) in [6.45, 7) is 5.80. The van der Waals surface area contributed by atoms with Crippen LogP contribution in [-0.2, 0) is 4.79 Å².